The summed E-state index contributed by atoms with van der Waals surface area (Å²) in [6.07, 6.45) is 0. The molecule has 0 radical (unpaired) electrons. The summed E-state index contributed by atoms with van der Waals surface area (Å²) in [5.74, 6) is -2.06. The lowest BCUT2D eigenvalue weighted by Crippen LogP contribution is -2.45. The second-order valence-corrected chi connectivity index (χ2v) is 4.21. The number of aliphatic carboxylic acids is 1. The number of aliphatic hydroxyl groups is 1. The Morgan fingerprint density at radius 1 is 1.44 bits per heavy atom. The molecule has 0 aliphatic carbocycles. The first kappa shape index (κ1) is 14.4. The van der Waals surface area contributed by atoms with Crippen LogP contribution in [0.2, 0.25) is 0 Å². The van der Waals surface area contributed by atoms with Crippen LogP contribution in [0.4, 0.5) is 14.9 Å². The third-order valence-electron chi connectivity index (χ3n) is 1.97. The fraction of sp³-hybridized carbons (Fsp3) is 0.200. The van der Waals surface area contributed by atoms with E-state index >= 15 is 0 Å². The Labute approximate surface area is 110 Å². The number of rotatable bonds is 4. The standard InChI is InChI=1S/C10H10BrFN2O4/c11-5-1-2-7(6(12)3-5)13-10(18)14-8(4-15)9(16)17/h1-3,8,15H,4H2,(H,16,17)(H2,13,14,18). The number of hydrogen-bond acceptors (Lipinski definition) is 3. The molecule has 0 spiro atoms. The van der Waals surface area contributed by atoms with Crippen LogP contribution in [0, 0.1) is 5.82 Å². The maximum Gasteiger partial charge on any atom is 0.328 e. The van der Waals surface area contributed by atoms with Crippen molar-refractivity contribution in [3.05, 3.63) is 28.5 Å². The van der Waals surface area contributed by atoms with E-state index in [1.807, 2.05) is 5.32 Å². The summed E-state index contributed by atoms with van der Waals surface area (Å²) < 4.78 is 13.9. The molecule has 0 aromatic heterocycles. The number of urea groups is 1. The van der Waals surface area contributed by atoms with Gasteiger partial charge in [0.1, 0.15) is 5.82 Å². The molecule has 0 aliphatic rings. The zero-order valence-corrected chi connectivity index (χ0v) is 10.6. The van der Waals surface area contributed by atoms with Crippen LogP contribution >= 0.6 is 15.9 Å². The third-order valence-corrected chi connectivity index (χ3v) is 2.46. The van der Waals surface area contributed by atoms with Gasteiger partial charge in [-0.25, -0.2) is 14.0 Å². The summed E-state index contributed by atoms with van der Waals surface area (Å²) in [5.41, 5.74) is -0.0993. The molecule has 18 heavy (non-hydrogen) atoms. The van der Waals surface area contributed by atoms with Gasteiger partial charge >= 0.3 is 12.0 Å². The van der Waals surface area contributed by atoms with Gasteiger partial charge in [-0.05, 0) is 18.2 Å². The number of carboxylic acids is 1. The molecule has 0 heterocycles. The lowest BCUT2D eigenvalue weighted by Gasteiger charge is -2.13. The van der Waals surface area contributed by atoms with Gasteiger partial charge in [-0.1, -0.05) is 15.9 Å². The molecular weight excluding hydrogens is 311 g/mol. The second-order valence-electron chi connectivity index (χ2n) is 3.30. The Bertz CT molecular complexity index is 469. The van der Waals surface area contributed by atoms with Crippen LogP contribution in [-0.2, 0) is 4.79 Å². The van der Waals surface area contributed by atoms with Crippen molar-refractivity contribution in [3.8, 4) is 0 Å². The molecule has 6 nitrogen and oxygen atoms in total. The van der Waals surface area contributed by atoms with E-state index in [4.69, 9.17) is 10.2 Å². The molecule has 98 valence electrons. The Balaban J connectivity index is 2.67. The van der Waals surface area contributed by atoms with Crippen LogP contribution in [-0.4, -0.2) is 34.9 Å². The highest BCUT2D eigenvalue weighted by Gasteiger charge is 2.19. The van der Waals surface area contributed by atoms with Crippen molar-refractivity contribution in [2.75, 3.05) is 11.9 Å². The lowest BCUT2D eigenvalue weighted by atomic mass is 10.3. The third kappa shape index (κ3) is 3.97. The van der Waals surface area contributed by atoms with Crippen molar-refractivity contribution >= 4 is 33.6 Å². The molecule has 0 fully saturated rings. The van der Waals surface area contributed by atoms with Gasteiger partial charge in [-0.3, -0.25) is 0 Å². The fourth-order valence-electron chi connectivity index (χ4n) is 1.09. The minimum absolute atomic E-state index is 0.0993. The molecule has 1 aromatic rings. The summed E-state index contributed by atoms with van der Waals surface area (Å²) >= 11 is 3.05. The molecule has 0 bridgehead atoms. The number of benzene rings is 1. The normalized spacial score (nSPS) is 11.7. The minimum Gasteiger partial charge on any atom is -0.480 e. The van der Waals surface area contributed by atoms with Gasteiger partial charge in [0.2, 0.25) is 0 Å². The number of anilines is 1. The van der Waals surface area contributed by atoms with Crippen LogP contribution in [0.1, 0.15) is 0 Å². The van der Waals surface area contributed by atoms with Crippen molar-refractivity contribution in [2.24, 2.45) is 0 Å². The number of nitrogens with one attached hydrogen (secondary N) is 2. The molecule has 0 saturated heterocycles. The van der Waals surface area contributed by atoms with E-state index in [0.717, 1.165) is 6.07 Å². The van der Waals surface area contributed by atoms with Crippen LogP contribution in [0.5, 0.6) is 0 Å². The molecule has 1 unspecified atom stereocenters. The van der Waals surface area contributed by atoms with Crippen LogP contribution < -0.4 is 10.6 Å². The van der Waals surface area contributed by atoms with Gasteiger partial charge in [0.05, 0.1) is 12.3 Å². The van der Waals surface area contributed by atoms with E-state index in [9.17, 15) is 14.0 Å². The Kier molecular flexibility index (Phi) is 5.05. The maximum absolute atomic E-state index is 13.4. The summed E-state index contributed by atoms with van der Waals surface area (Å²) in [4.78, 5) is 21.9. The quantitative estimate of drug-likeness (QED) is 0.669. The molecule has 8 heteroatoms. The number of amides is 2. The van der Waals surface area contributed by atoms with E-state index in [0.29, 0.717) is 4.47 Å². The van der Waals surface area contributed by atoms with Crippen LogP contribution in [0.3, 0.4) is 0 Å². The Morgan fingerprint density at radius 3 is 2.61 bits per heavy atom. The largest absolute Gasteiger partial charge is 0.480 e. The topological polar surface area (TPSA) is 98.7 Å². The summed E-state index contributed by atoms with van der Waals surface area (Å²) in [6.45, 7) is -0.758. The number of halogens is 2. The van der Waals surface area contributed by atoms with Gasteiger partial charge < -0.3 is 20.8 Å². The highest BCUT2D eigenvalue weighted by Crippen LogP contribution is 2.19. The SMILES string of the molecule is O=C(Nc1ccc(Br)cc1F)NC(CO)C(=O)O. The monoisotopic (exact) mass is 320 g/mol. The zero-order valence-electron chi connectivity index (χ0n) is 8.98. The molecule has 1 atom stereocenters. The molecule has 2 amide bonds. The summed E-state index contributed by atoms with van der Waals surface area (Å²) in [7, 11) is 0. The van der Waals surface area contributed by atoms with E-state index in [2.05, 4.69) is 21.2 Å². The number of carboxylic acid groups (broad SMARTS) is 1. The Morgan fingerprint density at radius 2 is 2.11 bits per heavy atom. The van der Waals surface area contributed by atoms with Gasteiger partial charge in [-0.15, -0.1) is 0 Å². The highest BCUT2D eigenvalue weighted by molar-refractivity contribution is 9.10. The second kappa shape index (κ2) is 6.31. The fourth-order valence-corrected chi connectivity index (χ4v) is 1.43. The highest BCUT2D eigenvalue weighted by atomic mass is 79.9. The smallest absolute Gasteiger partial charge is 0.328 e. The molecular formula is C10H10BrFN2O4. The van der Waals surface area contributed by atoms with Gasteiger partial charge in [0, 0.05) is 4.47 Å². The van der Waals surface area contributed by atoms with E-state index < -0.39 is 30.5 Å². The number of aliphatic hydroxyl groups excluding tert-OH is 1. The van der Waals surface area contributed by atoms with Crippen LogP contribution in [0.15, 0.2) is 22.7 Å². The van der Waals surface area contributed by atoms with Gasteiger partial charge in [0.25, 0.3) is 0 Å². The number of carbonyl (C=O) groups excluding carboxylic acids is 1. The first-order valence-corrected chi connectivity index (χ1v) is 5.59. The predicted molar refractivity (Wildman–Crippen MR) is 64.8 cm³/mol. The van der Waals surface area contributed by atoms with Gasteiger partial charge in [-0.2, -0.15) is 0 Å². The van der Waals surface area contributed by atoms with Crippen LogP contribution in [0.25, 0.3) is 0 Å². The van der Waals surface area contributed by atoms with Crippen molar-refractivity contribution < 1.29 is 24.2 Å². The summed E-state index contributed by atoms with van der Waals surface area (Å²) in [6, 6.07) is 1.62. The predicted octanol–water partition coefficient (Wildman–Crippen LogP) is 1.16. The zero-order chi connectivity index (χ0) is 13.7. The number of hydrogen-bond donors (Lipinski definition) is 4. The first-order valence-electron chi connectivity index (χ1n) is 4.80. The van der Waals surface area contributed by atoms with Crippen molar-refractivity contribution in [2.45, 2.75) is 6.04 Å². The first-order chi connectivity index (χ1) is 8.43. The average molecular weight is 321 g/mol. The molecule has 1 aromatic carbocycles. The summed E-state index contributed by atoms with van der Waals surface area (Å²) in [5, 5.41) is 21.4. The van der Waals surface area contributed by atoms with Gasteiger partial charge in [0.15, 0.2) is 6.04 Å². The van der Waals surface area contributed by atoms with E-state index in [-0.39, 0.29) is 5.69 Å². The maximum atomic E-state index is 13.4. The average Bonchev–Trinajstić information content (AvgIpc) is 2.29. The van der Waals surface area contributed by atoms with E-state index in [1.54, 1.807) is 0 Å². The lowest BCUT2D eigenvalue weighted by molar-refractivity contribution is -0.140. The van der Waals surface area contributed by atoms with Crippen molar-refractivity contribution in [1.82, 2.24) is 5.32 Å². The van der Waals surface area contributed by atoms with Crippen molar-refractivity contribution in [3.63, 3.8) is 0 Å². The Hall–Kier alpha value is -1.67. The molecule has 1 rings (SSSR count). The van der Waals surface area contributed by atoms with Crippen molar-refractivity contribution in [1.29, 1.82) is 0 Å². The molecule has 0 saturated carbocycles. The number of carbonyl (C=O) groups is 2. The minimum atomic E-state index is -1.44. The molecule has 4 N–H and O–H groups in total. The van der Waals surface area contributed by atoms with E-state index in [1.165, 1.54) is 12.1 Å². The molecule has 0 aliphatic heterocycles.